The summed E-state index contributed by atoms with van der Waals surface area (Å²) in [6.45, 7) is -1.62. The monoisotopic (exact) mass is 422 g/mol. The van der Waals surface area contributed by atoms with Gasteiger partial charge in [0.25, 0.3) is 0 Å². The molecular weight excluding hydrogens is 399 g/mol. The van der Waals surface area contributed by atoms with Crippen LogP contribution in [0.4, 0.5) is 0 Å². The third-order valence-electron chi connectivity index (χ3n) is 4.17. The van der Waals surface area contributed by atoms with Gasteiger partial charge in [0.2, 0.25) is 0 Å². The van der Waals surface area contributed by atoms with Gasteiger partial charge in [-0.25, -0.2) is 4.57 Å². The Bertz CT molecular complexity index is 488. The molecule has 27 heavy (non-hydrogen) atoms. The number of phosphoric ester groups is 1. The standard InChI is InChI=1S/C12H23O14P/c13-1-3-5(15)7(17)9(19)11(23-3)25-27(21,22)26-12-10(20)8(18)6(16)4(2-14)24-12/h3-20H,1-2H2,(H,21,22)/t3-,4-,5-,6-,7+,8+,9-,10-,11+,12+/m1/s1. The summed E-state index contributed by atoms with van der Waals surface area (Å²) in [6, 6.07) is 0. The van der Waals surface area contributed by atoms with Gasteiger partial charge < -0.3 is 55.2 Å². The van der Waals surface area contributed by atoms with Gasteiger partial charge in [-0.3, -0.25) is 9.05 Å². The lowest BCUT2D eigenvalue weighted by atomic mass is 9.99. The maximum Gasteiger partial charge on any atom is 0.477 e. The summed E-state index contributed by atoms with van der Waals surface area (Å²) in [5.41, 5.74) is 0. The molecule has 0 aliphatic carbocycles. The van der Waals surface area contributed by atoms with Crippen molar-refractivity contribution >= 4 is 7.82 Å². The van der Waals surface area contributed by atoms with Crippen LogP contribution in [0.1, 0.15) is 0 Å². The number of rotatable bonds is 6. The number of hydrogen-bond donors (Lipinski definition) is 9. The van der Waals surface area contributed by atoms with E-state index in [2.05, 4.69) is 9.05 Å². The fourth-order valence-electron chi connectivity index (χ4n) is 2.60. The molecule has 0 unspecified atom stereocenters. The molecule has 15 heteroatoms. The van der Waals surface area contributed by atoms with E-state index in [-0.39, 0.29) is 0 Å². The van der Waals surface area contributed by atoms with Crippen LogP contribution in [0.3, 0.4) is 0 Å². The van der Waals surface area contributed by atoms with Gasteiger partial charge in [-0.2, -0.15) is 0 Å². The number of hydrogen-bond acceptors (Lipinski definition) is 13. The van der Waals surface area contributed by atoms with E-state index < -0.39 is 82.4 Å². The second kappa shape index (κ2) is 9.02. The molecule has 2 aliphatic heterocycles. The molecule has 0 aromatic rings. The lowest BCUT2D eigenvalue weighted by molar-refractivity contribution is -0.296. The Kier molecular flexibility index (Phi) is 7.68. The molecule has 0 bridgehead atoms. The molecule has 14 nitrogen and oxygen atoms in total. The van der Waals surface area contributed by atoms with Crippen LogP contribution in [0.2, 0.25) is 0 Å². The highest BCUT2D eigenvalue weighted by atomic mass is 31.2. The van der Waals surface area contributed by atoms with Gasteiger partial charge in [0.05, 0.1) is 13.2 Å². The quantitative estimate of drug-likeness (QED) is 0.182. The topological polar surface area (TPSA) is 236 Å². The predicted molar refractivity (Wildman–Crippen MR) is 79.5 cm³/mol. The van der Waals surface area contributed by atoms with Crippen LogP contribution in [0.15, 0.2) is 0 Å². The molecule has 2 saturated heterocycles. The van der Waals surface area contributed by atoms with E-state index in [1.165, 1.54) is 0 Å². The van der Waals surface area contributed by atoms with Crippen molar-refractivity contribution in [3.05, 3.63) is 0 Å². The third kappa shape index (κ3) is 5.01. The largest absolute Gasteiger partial charge is 0.477 e. The van der Waals surface area contributed by atoms with Crippen LogP contribution in [0.25, 0.3) is 0 Å². The van der Waals surface area contributed by atoms with Gasteiger partial charge >= 0.3 is 7.82 Å². The highest BCUT2D eigenvalue weighted by Gasteiger charge is 2.50. The second-order valence-corrected chi connectivity index (χ2v) is 7.43. The molecule has 160 valence electrons. The smallest absolute Gasteiger partial charge is 0.394 e. The Morgan fingerprint density at radius 1 is 0.667 bits per heavy atom. The fourth-order valence-corrected chi connectivity index (χ4v) is 3.52. The SMILES string of the molecule is O=P(O)(O[C@@H]1O[C@H](CO)[C@@H](O)[C@H](O)[C@H]1O)O[C@@H]1O[C@H](CO)[C@@H](O)[C@H](O)[C@H]1O. The highest BCUT2D eigenvalue weighted by molar-refractivity contribution is 7.47. The number of phosphoric acid groups is 1. The number of aliphatic hydroxyl groups excluding tert-OH is 8. The van der Waals surface area contributed by atoms with E-state index in [1.54, 1.807) is 0 Å². The normalized spacial score (nSPS) is 46.4. The summed E-state index contributed by atoms with van der Waals surface area (Å²) < 4.78 is 31.0. The first-order valence-corrected chi connectivity index (χ1v) is 9.32. The lowest BCUT2D eigenvalue weighted by Crippen LogP contribution is -2.59. The van der Waals surface area contributed by atoms with Gasteiger partial charge in [0, 0.05) is 0 Å². The van der Waals surface area contributed by atoms with Crippen molar-refractivity contribution in [2.75, 3.05) is 13.2 Å². The summed E-state index contributed by atoms with van der Waals surface area (Å²) in [4.78, 5) is 9.79. The molecule has 10 atom stereocenters. The molecule has 2 rings (SSSR count). The number of ether oxygens (including phenoxy) is 2. The zero-order chi connectivity index (χ0) is 20.5. The maximum atomic E-state index is 12.1. The number of aliphatic hydroxyl groups is 8. The molecule has 2 fully saturated rings. The Balaban J connectivity index is 2.06. The average Bonchev–Trinajstić information content (AvgIpc) is 2.62. The van der Waals surface area contributed by atoms with Crippen LogP contribution < -0.4 is 0 Å². The van der Waals surface area contributed by atoms with Crippen molar-refractivity contribution < 1.29 is 68.8 Å². The van der Waals surface area contributed by atoms with E-state index >= 15 is 0 Å². The van der Waals surface area contributed by atoms with Gasteiger partial charge in [-0.1, -0.05) is 0 Å². The van der Waals surface area contributed by atoms with Gasteiger partial charge in [-0.15, -0.1) is 0 Å². The average molecular weight is 422 g/mol. The minimum Gasteiger partial charge on any atom is -0.394 e. The summed E-state index contributed by atoms with van der Waals surface area (Å²) in [5, 5.41) is 76.2. The molecule has 0 aromatic heterocycles. The van der Waals surface area contributed by atoms with Gasteiger partial charge in [0.15, 0.2) is 12.6 Å². The minimum atomic E-state index is -5.19. The third-order valence-corrected chi connectivity index (χ3v) is 5.12. The second-order valence-electron chi connectivity index (χ2n) is 6.07. The van der Waals surface area contributed by atoms with Crippen LogP contribution >= 0.6 is 7.82 Å². The van der Waals surface area contributed by atoms with Crippen molar-refractivity contribution in [1.82, 2.24) is 0 Å². The van der Waals surface area contributed by atoms with E-state index in [0.29, 0.717) is 0 Å². The molecular formula is C12H23O14P. The van der Waals surface area contributed by atoms with Crippen LogP contribution in [-0.2, 0) is 23.1 Å². The summed E-state index contributed by atoms with van der Waals surface area (Å²) in [5.74, 6) is 0. The Labute approximate surface area is 152 Å². The first-order valence-electron chi connectivity index (χ1n) is 7.83. The molecule has 0 radical (unpaired) electrons. The first kappa shape index (κ1) is 23.0. The van der Waals surface area contributed by atoms with Crippen molar-refractivity contribution in [3.8, 4) is 0 Å². The fraction of sp³-hybridized carbons (Fsp3) is 1.00. The van der Waals surface area contributed by atoms with E-state index in [0.717, 1.165) is 0 Å². The molecule has 0 amide bonds. The van der Waals surface area contributed by atoms with Crippen molar-refractivity contribution in [3.63, 3.8) is 0 Å². The van der Waals surface area contributed by atoms with Crippen LogP contribution in [0, 0.1) is 0 Å². The predicted octanol–water partition coefficient (Wildman–Crippen LogP) is -5.28. The molecule has 2 heterocycles. The summed E-state index contributed by atoms with van der Waals surface area (Å²) >= 11 is 0. The molecule has 0 aromatic carbocycles. The molecule has 0 saturated carbocycles. The first-order chi connectivity index (χ1) is 12.5. The summed E-state index contributed by atoms with van der Waals surface area (Å²) in [7, 11) is -5.19. The van der Waals surface area contributed by atoms with Crippen molar-refractivity contribution in [1.29, 1.82) is 0 Å². The Hall–Kier alpha value is -0.290. The highest BCUT2D eigenvalue weighted by Crippen LogP contribution is 2.49. The van der Waals surface area contributed by atoms with E-state index in [4.69, 9.17) is 19.7 Å². The van der Waals surface area contributed by atoms with Gasteiger partial charge in [0.1, 0.15) is 48.8 Å². The van der Waals surface area contributed by atoms with Crippen molar-refractivity contribution in [2.45, 2.75) is 61.4 Å². The zero-order valence-electron chi connectivity index (χ0n) is 13.7. The van der Waals surface area contributed by atoms with Gasteiger partial charge in [-0.05, 0) is 0 Å². The Morgan fingerprint density at radius 3 is 1.30 bits per heavy atom. The summed E-state index contributed by atoms with van der Waals surface area (Å²) in [6.07, 6.45) is -18.1. The lowest BCUT2D eigenvalue weighted by Gasteiger charge is -2.41. The zero-order valence-corrected chi connectivity index (χ0v) is 14.6. The minimum absolute atomic E-state index is 0.811. The van der Waals surface area contributed by atoms with E-state index in [9.17, 15) is 40.1 Å². The van der Waals surface area contributed by atoms with Crippen LogP contribution in [-0.4, -0.2) is 120 Å². The molecule has 9 N–H and O–H groups in total. The van der Waals surface area contributed by atoms with Crippen LogP contribution in [0.5, 0.6) is 0 Å². The van der Waals surface area contributed by atoms with Crippen molar-refractivity contribution in [2.24, 2.45) is 0 Å². The Morgan fingerprint density at radius 2 is 1.00 bits per heavy atom. The maximum absolute atomic E-state index is 12.1. The molecule has 2 aliphatic rings. The van der Waals surface area contributed by atoms with E-state index in [1.807, 2.05) is 0 Å². The molecule has 0 spiro atoms.